The quantitative estimate of drug-likeness (QED) is 0.0365. The summed E-state index contributed by atoms with van der Waals surface area (Å²) in [5.41, 5.74) is 1.75. The first-order chi connectivity index (χ1) is 27.7. The van der Waals surface area contributed by atoms with E-state index in [0.717, 1.165) is 22.6 Å². The Bertz CT molecular complexity index is 2530. The number of benzene rings is 2. The van der Waals surface area contributed by atoms with Gasteiger partial charge in [-0.25, -0.2) is 34.6 Å². The van der Waals surface area contributed by atoms with Crippen LogP contribution < -0.4 is 73.9 Å². The molecule has 3 aliphatic heterocycles. The van der Waals surface area contributed by atoms with Crippen molar-refractivity contribution in [2.75, 3.05) is 49.3 Å². The van der Waals surface area contributed by atoms with E-state index in [2.05, 4.69) is 0 Å². The number of ether oxygens (including phenoxy) is 1. The monoisotopic (exact) mass is 923 g/mol. The smallest absolute Gasteiger partial charge is 0.748 e. The number of amides is 2. The van der Waals surface area contributed by atoms with Gasteiger partial charge in [0, 0.05) is 65.7 Å². The molecule has 2 amide bonds. The minimum Gasteiger partial charge on any atom is -0.748 e. The van der Waals surface area contributed by atoms with E-state index in [4.69, 9.17) is 14.0 Å². The summed E-state index contributed by atoms with van der Waals surface area (Å²) in [6.07, 6.45) is 6.46. The van der Waals surface area contributed by atoms with Crippen LogP contribution in [0.5, 0.6) is 0 Å². The number of nitrogens with zero attached hydrogens (tertiary/aromatic N) is 3. The molecule has 1 fully saturated rings. The van der Waals surface area contributed by atoms with E-state index in [9.17, 15) is 53.3 Å². The fourth-order valence-electron chi connectivity index (χ4n) is 7.12. The predicted molar refractivity (Wildman–Crippen MR) is 208 cm³/mol. The Hall–Kier alpha value is -2.77. The Morgan fingerprint density at radius 3 is 2.23 bits per heavy atom. The van der Waals surface area contributed by atoms with Crippen molar-refractivity contribution in [3.63, 3.8) is 0 Å². The third kappa shape index (κ3) is 14.1. The zero-order chi connectivity index (χ0) is 43.2. The molecule has 0 spiro atoms. The predicted octanol–water partition coefficient (Wildman–Crippen LogP) is -3.96. The number of hydrogen-bond acceptors (Lipinski definition) is 16. The Balaban J connectivity index is 0.00000496. The van der Waals surface area contributed by atoms with Gasteiger partial charge in [0.25, 0.3) is 11.8 Å². The second-order valence-corrected chi connectivity index (χ2v) is 18.5. The second kappa shape index (κ2) is 22.2. The van der Waals surface area contributed by atoms with Gasteiger partial charge < -0.3 is 32.5 Å². The van der Waals surface area contributed by atoms with E-state index in [1.54, 1.807) is 42.2 Å². The van der Waals surface area contributed by atoms with Crippen LogP contribution in [0.15, 0.2) is 75.9 Å². The Kier molecular flexibility index (Phi) is 19.2. The van der Waals surface area contributed by atoms with Gasteiger partial charge in [-0.15, -0.1) is 5.06 Å². The molecule has 0 radical (unpaired) electrons. The normalized spacial score (nSPS) is 18.1. The average molecular weight is 924 g/mol. The van der Waals surface area contributed by atoms with Crippen LogP contribution in [-0.2, 0) is 59.7 Å². The van der Waals surface area contributed by atoms with Crippen LogP contribution in [0.2, 0.25) is 0 Å². The van der Waals surface area contributed by atoms with Gasteiger partial charge in [-0.1, -0.05) is 12.2 Å². The molecule has 4 aliphatic rings. The van der Waals surface area contributed by atoms with Gasteiger partial charge in [0.15, 0.2) is 0 Å². The first kappa shape index (κ1) is 52.6. The van der Waals surface area contributed by atoms with Gasteiger partial charge in [-0.2, -0.15) is 0 Å². The number of allylic oxidation sites excluding steroid dienone is 3. The molecule has 5 rings (SSSR count). The Morgan fingerprint density at radius 2 is 1.59 bits per heavy atom. The molecule has 0 aromatic heterocycles. The molecule has 18 nitrogen and oxygen atoms in total. The van der Waals surface area contributed by atoms with E-state index in [1.807, 2.05) is 23.6 Å². The maximum Gasteiger partial charge on any atom is 1.00 e. The van der Waals surface area contributed by atoms with Gasteiger partial charge >= 0.3 is 65.1 Å². The van der Waals surface area contributed by atoms with E-state index in [0.29, 0.717) is 40.9 Å². The minimum absolute atomic E-state index is 0. The molecule has 0 saturated carbocycles. The molecule has 320 valence electrons. The molecule has 23 heteroatoms. The van der Waals surface area contributed by atoms with Gasteiger partial charge in [0.1, 0.15) is 29.0 Å². The summed E-state index contributed by atoms with van der Waals surface area (Å²) in [5.74, 6) is -2.76. The maximum atomic E-state index is 12.3. The molecular formula is C38H43N3Na2O15S3. The molecule has 1 saturated heterocycles. The molecule has 3 heterocycles. The summed E-state index contributed by atoms with van der Waals surface area (Å²) in [7, 11) is -13.9. The third-order valence-corrected chi connectivity index (χ3v) is 12.4. The van der Waals surface area contributed by atoms with Gasteiger partial charge in [0.2, 0.25) is 5.36 Å². The standard InChI is InChI=1S/C38H45N3O15S3.2Na/c1-3-39(18-6-24-58(48,49)50)28-9-11-30-27(15-21-55-33(30)25-28)7-4-8-34-38(2,17-5-23-57(45,46)47)31-26-29(59(51,52)53)10-12-32(31)40(34)19-22-54-20-16-37(44)56-41-35(42)13-14-36(41)43;;/h4,7-12,15,21,25-26H,3,5-6,13-14,16-20,22-24H2,1-2H3,(H2-,45,46,47,48,49,50,51,52,53);;/q;2*+1/p-2. The molecule has 1 aromatic carbocycles. The third-order valence-electron chi connectivity index (χ3n) is 10.00. The summed E-state index contributed by atoms with van der Waals surface area (Å²) in [6.45, 7) is 4.48. The first-order valence-electron chi connectivity index (χ1n) is 18.6. The van der Waals surface area contributed by atoms with E-state index in [1.165, 1.54) is 18.4 Å². The Morgan fingerprint density at radius 1 is 0.918 bits per heavy atom. The van der Waals surface area contributed by atoms with E-state index in [-0.39, 0.29) is 117 Å². The summed E-state index contributed by atoms with van der Waals surface area (Å²) in [4.78, 5) is 42.0. The summed E-state index contributed by atoms with van der Waals surface area (Å²) in [6, 6.07) is 11.0. The topological polar surface area (TPSA) is 264 Å². The fourth-order valence-corrected chi connectivity index (χ4v) is 8.59. The van der Waals surface area contributed by atoms with Crippen molar-refractivity contribution in [3.8, 4) is 11.3 Å². The zero-order valence-corrected chi connectivity index (χ0v) is 40.7. The summed E-state index contributed by atoms with van der Waals surface area (Å²) < 4.78 is 118. The van der Waals surface area contributed by atoms with Gasteiger partial charge in [0.05, 0.1) is 57.1 Å². The molecule has 61 heavy (non-hydrogen) atoms. The molecule has 1 aromatic rings. The van der Waals surface area contributed by atoms with E-state index >= 15 is 0 Å². The van der Waals surface area contributed by atoms with Crippen molar-refractivity contribution in [1.82, 2.24) is 9.64 Å². The largest absolute Gasteiger partial charge is 1.00 e. The average Bonchev–Trinajstić information content (AvgIpc) is 3.58. The van der Waals surface area contributed by atoms with Gasteiger partial charge in [-0.3, -0.25) is 9.59 Å². The van der Waals surface area contributed by atoms with Crippen molar-refractivity contribution < 1.29 is 126 Å². The van der Waals surface area contributed by atoms with Crippen LogP contribution in [0.25, 0.3) is 17.4 Å². The van der Waals surface area contributed by atoms with Crippen LogP contribution >= 0.6 is 0 Å². The summed E-state index contributed by atoms with van der Waals surface area (Å²) in [5, 5.41) is 1.19. The molecule has 0 bridgehead atoms. The minimum atomic E-state index is -4.91. The number of anilines is 1. The van der Waals surface area contributed by atoms with Crippen LogP contribution in [0, 0.1) is 0 Å². The number of hydrogen-bond donors (Lipinski definition) is 0. The molecule has 0 N–H and O–H groups in total. The Labute approximate surface area is 398 Å². The molecular weight excluding hydrogens is 881 g/mol. The van der Waals surface area contributed by atoms with Crippen LogP contribution in [0.3, 0.4) is 0 Å². The number of imide groups is 1. The fraction of sp³-hybridized carbons (Fsp3) is 0.421. The van der Waals surface area contributed by atoms with E-state index < -0.39 is 70.0 Å². The van der Waals surface area contributed by atoms with Gasteiger partial charge in [-0.05, 0) is 74.2 Å². The van der Waals surface area contributed by atoms with Crippen molar-refractivity contribution in [3.05, 3.63) is 83.1 Å². The number of hydroxylamine groups is 2. The molecule has 1 aliphatic carbocycles. The summed E-state index contributed by atoms with van der Waals surface area (Å²) >= 11 is 0. The number of carbonyl (C=O) groups is 3. The van der Waals surface area contributed by atoms with Crippen molar-refractivity contribution in [2.45, 2.75) is 62.7 Å². The molecule has 1 atom stereocenters. The van der Waals surface area contributed by atoms with Crippen molar-refractivity contribution in [2.24, 2.45) is 0 Å². The van der Waals surface area contributed by atoms with Crippen LogP contribution in [-0.4, -0.2) is 106 Å². The number of rotatable bonds is 19. The number of fused-ring (bicyclic) bond motifs is 2. The SMILES string of the molecule is CC[N+](CCCS(=O)(=O)[O-])=c1ccc2c(/C=C/C=C3/N(CCOCCC(=O)ON4C(=O)CCC4=O)c4ccc(S(=O)(=O)[O-])cc4C3(C)CCCS(=O)(=O)[O-])ccoc-2c1.[Na+].[Na+]. The second-order valence-electron chi connectivity index (χ2n) is 14.1. The van der Waals surface area contributed by atoms with Crippen molar-refractivity contribution >= 4 is 59.9 Å². The first-order valence-corrected chi connectivity index (χ1v) is 23.1. The molecule has 1 unspecified atom stereocenters. The van der Waals surface area contributed by atoms with Crippen molar-refractivity contribution in [1.29, 1.82) is 0 Å². The zero-order valence-electron chi connectivity index (χ0n) is 34.2. The maximum absolute atomic E-state index is 12.3. The van der Waals surface area contributed by atoms with Crippen LogP contribution in [0.1, 0.15) is 63.5 Å². The van der Waals surface area contributed by atoms with Crippen LogP contribution in [0.4, 0.5) is 5.69 Å². The number of carbonyl (C=O) groups excluding carboxylic acids is 3.